The second kappa shape index (κ2) is 16.4. The van der Waals surface area contributed by atoms with Crippen LogP contribution >= 0.6 is 22.6 Å². The minimum Gasteiger partial charge on any atom is -0.477 e. The molecule has 0 saturated heterocycles. The molecule has 0 N–H and O–H groups in total. The van der Waals surface area contributed by atoms with Gasteiger partial charge in [-0.1, -0.05) is 127 Å². The molecule has 0 bridgehead atoms. The fourth-order valence-corrected chi connectivity index (χ4v) is 5.24. The fraction of sp³-hybridized carbons (Fsp3) is 0.158. The summed E-state index contributed by atoms with van der Waals surface area (Å²) in [6.45, 7) is 0.279. The van der Waals surface area contributed by atoms with E-state index in [1.165, 1.54) is 0 Å². The molecule has 0 aromatic heterocycles. The van der Waals surface area contributed by atoms with Crippen molar-refractivity contribution in [1.82, 2.24) is 0 Å². The van der Waals surface area contributed by atoms with E-state index in [1.807, 2.05) is 121 Å². The van der Waals surface area contributed by atoms with Gasteiger partial charge in [0.2, 0.25) is 0 Å². The summed E-state index contributed by atoms with van der Waals surface area (Å²) in [5, 5.41) is 0. The van der Waals surface area contributed by atoms with Crippen LogP contribution in [0.2, 0.25) is 0 Å². The summed E-state index contributed by atoms with van der Waals surface area (Å²) >= 11 is 2.12. The molecule has 0 aliphatic rings. The molecule has 5 rings (SSSR count). The molecule has 5 aromatic rings. The van der Waals surface area contributed by atoms with Gasteiger partial charge in [-0.2, -0.15) is 0 Å². The van der Waals surface area contributed by atoms with Gasteiger partial charge in [-0.05, 0) is 57.0 Å². The third kappa shape index (κ3) is 9.68. The van der Waals surface area contributed by atoms with Gasteiger partial charge < -0.3 is 18.9 Å². The molecule has 0 heterocycles. The number of carbonyl (C=O) groups excluding carboxylic acids is 2. The van der Waals surface area contributed by atoms with Crippen molar-refractivity contribution in [3.05, 3.63) is 165 Å². The van der Waals surface area contributed by atoms with Crippen LogP contribution in [0.4, 0.5) is 0 Å². The van der Waals surface area contributed by atoms with Crippen molar-refractivity contribution in [2.75, 3.05) is 0 Å². The van der Waals surface area contributed by atoms with Crippen molar-refractivity contribution in [3.63, 3.8) is 0 Å². The molecule has 0 aliphatic carbocycles. The maximum Gasteiger partial charge on any atom is 0.348 e. The van der Waals surface area contributed by atoms with Crippen molar-refractivity contribution in [2.45, 2.75) is 38.3 Å². The van der Waals surface area contributed by atoms with Crippen LogP contribution in [0.1, 0.15) is 22.3 Å². The lowest BCUT2D eigenvalue weighted by Crippen LogP contribution is -2.33. The van der Waals surface area contributed by atoms with E-state index in [0.29, 0.717) is 27.9 Å². The first-order valence-corrected chi connectivity index (χ1v) is 15.7. The van der Waals surface area contributed by atoms with E-state index >= 15 is 0 Å². The normalized spacial score (nSPS) is 12.0. The van der Waals surface area contributed by atoms with Crippen LogP contribution in [0, 0.1) is 3.57 Å². The number of hydrogen-bond donors (Lipinski definition) is 0. The Morgan fingerprint density at radius 3 is 1.16 bits per heavy atom. The lowest BCUT2D eigenvalue weighted by atomic mass is 10.1. The third-order valence-electron chi connectivity index (χ3n) is 6.97. The molecular formula is C38H33IO6. The Hall–Kier alpha value is -4.63. The van der Waals surface area contributed by atoms with E-state index in [-0.39, 0.29) is 13.2 Å². The Kier molecular flexibility index (Phi) is 11.6. The van der Waals surface area contributed by atoms with Gasteiger partial charge in [0.1, 0.15) is 24.7 Å². The Bertz CT molecular complexity index is 1520. The second-order valence-electron chi connectivity index (χ2n) is 10.3. The number of esters is 2. The number of halogens is 1. The van der Waals surface area contributed by atoms with E-state index in [0.717, 1.165) is 22.3 Å². The minimum atomic E-state index is -0.907. The Balaban J connectivity index is 1.34. The number of ether oxygens (including phenoxy) is 4. The van der Waals surface area contributed by atoms with Crippen molar-refractivity contribution in [3.8, 4) is 11.5 Å². The van der Waals surface area contributed by atoms with Crippen LogP contribution in [0.3, 0.4) is 0 Å². The molecule has 0 aliphatic heterocycles. The van der Waals surface area contributed by atoms with Crippen LogP contribution in [-0.2, 0) is 45.1 Å². The summed E-state index contributed by atoms with van der Waals surface area (Å²) in [5.41, 5.74) is 3.65. The molecule has 0 spiro atoms. The molecule has 0 fully saturated rings. The molecule has 45 heavy (non-hydrogen) atoms. The first-order valence-electron chi connectivity index (χ1n) is 14.7. The van der Waals surface area contributed by atoms with Crippen molar-refractivity contribution in [2.24, 2.45) is 0 Å². The molecule has 2 atom stereocenters. The zero-order valence-corrected chi connectivity index (χ0v) is 26.7. The monoisotopic (exact) mass is 712 g/mol. The number of carbonyl (C=O) groups is 2. The van der Waals surface area contributed by atoms with Crippen LogP contribution < -0.4 is 9.47 Å². The van der Waals surface area contributed by atoms with Crippen molar-refractivity contribution < 1.29 is 28.5 Å². The molecule has 5 aromatic carbocycles. The molecule has 0 unspecified atom stereocenters. The highest BCUT2D eigenvalue weighted by atomic mass is 127. The molecule has 0 amide bonds. The van der Waals surface area contributed by atoms with Gasteiger partial charge in [-0.25, -0.2) is 9.59 Å². The number of rotatable bonds is 14. The fourth-order valence-electron chi connectivity index (χ4n) is 4.63. The first kappa shape index (κ1) is 31.8. The minimum absolute atomic E-state index is 0.140. The van der Waals surface area contributed by atoms with Gasteiger partial charge in [0, 0.05) is 12.8 Å². The predicted molar refractivity (Wildman–Crippen MR) is 181 cm³/mol. The van der Waals surface area contributed by atoms with E-state index < -0.39 is 24.1 Å². The lowest BCUT2D eigenvalue weighted by Gasteiger charge is -2.22. The SMILES string of the molecule is O=C(OCc1ccccc1)[C@@H](Cc1ccccc1)Oc1cccc(O[C@H](Cc2ccccc2)C(=O)OCc2ccccc2)c1I. The average molecular weight is 713 g/mol. The quantitative estimate of drug-likeness (QED) is 0.0867. The van der Waals surface area contributed by atoms with Gasteiger partial charge >= 0.3 is 11.9 Å². The standard InChI is InChI=1S/C38H33IO6/c39-36-32(44-34(24-28-14-5-1-6-15-28)37(40)42-26-30-18-9-3-10-19-30)22-13-23-33(36)45-35(25-29-16-7-2-8-17-29)38(41)43-27-31-20-11-4-12-21-31/h1-23,34-35H,24-27H2/t34-,35-/m1/s1. The molecule has 6 nitrogen and oxygen atoms in total. The lowest BCUT2D eigenvalue weighted by molar-refractivity contribution is -0.153. The summed E-state index contributed by atoms with van der Waals surface area (Å²) in [4.78, 5) is 26.7. The van der Waals surface area contributed by atoms with E-state index in [9.17, 15) is 9.59 Å². The van der Waals surface area contributed by atoms with E-state index in [1.54, 1.807) is 18.2 Å². The third-order valence-corrected chi connectivity index (χ3v) is 8.03. The average Bonchev–Trinajstić information content (AvgIpc) is 3.09. The van der Waals surface area contributed by atoms with Gasteiger partial charge in [-0.15, -0.1) is 0 Å². The highest BCUT2D eigenvalue weighted by Crippen LogP contribution is 2.32. The highest BCUT2D eigenvalue weighted by Gasteiger charge is 2.27. The molecular weight excluding hydrogens is 679 g/mol. The summed E-state index contributed by atoms with van der Waals surface area (Å²) in [5.74, 6) is -0.0591. The van der Waals surface area contributed by atoms with Gasteiger partial charge in [-0.3, -0.25) is 0 Å². The largest absolute Gasteiger partial charge is 0.477 e. The maximum absolute atomic E-state index is 13.3. The molecule has 0 radical (unpaired) electrons. The summed E-state index contributed by atoms with van der Waals surface area (Å²) in [6, 6.07) is 43.7. The Morgan fingerprint density at radius 2 is 0.800 bits per heavy atom. The first-order chi connectivity index (χ1) is 22.0. The van der Waals surface area contributed by atoms with Crippen molar-refractivity contribution >= 4 is 34.5 Å². The molecule has 7 heteroatoms. The smallest absolute Gasteiger partial charge is 0.348 e. The van der Waals surface area contributed by atoms with Crippen molar-refractivity contribution in [1.29, 1.82) is 0 Å². The molecule has 0 saturated carbocycles. The topological polar surface area (TPSA) is 71.1 Å². The van der Waals surface area contributed by atoms with Crippen LogP contribution in [0.5, 0.6) is 11.5 Å². The van der Waals surface area contributed by atoms with Crippen LogP contribution in [-0.4, -0.2) is 24.1 Å². The Morgan fingerprint density at radius 1 is 0.467 bits per heavy atom. The van der Waals surface area contributed by atoms with Gasteiger partial charge in [0.15, 0.2) is 12.2 Å². The predicted octanol–water partition coefficient (Wildman–Crippen LogP) is 7.76. The van der Waals surface area contributed by atoms with E-state index in [4.69, 9.17) is 18.9 Å². The van der Waals surface area contributed by atoms with Gasteiger partial charge in [0.05, 0.1) is 3.57 Å². The summed E-state index contributed by atoms with van der Waals surface area (Å²) < 4.78 is 24.6. The summed E-state index contributed by atoms with van der Waals surface area (Å²) in [7, 11) is 0. The zero-order chi connectivity index (χ0) is 31.3. The Labute approximate surface area is 277 Å². The zero-order valence-electron chi connectivity index (χ0n) is 24.6. The maximum atomic E-state index is 13.3. The molecule has 228 valence electrons. The second-order valence-corrected chi connectivity index (χ2v) is 11.4. The number of hydrogen-bond acceptors (Lipinski definition) is 6. The van der Waals surface area contributed by atoms with Gasteiger partial charge in [0.25, 0.3) is 0 Å². The van der Waals surface area contributed by atoms with Crippen LogP contribution in [0.15, 0.2) is 140 Å². The van der Waals surface area contributed by atoms with E-state index in [2.05, 4.69) is 22.6 Å². The summed E-state index contributed by atoms with van der Waals surface area (Å²) in [6.07, 6.45) is -1.18. The van der Waals surface area contributed by atoms with Crippen LogP contribution in [0.25, 0.3) is 0 Å². The number of benzene rings is 5. The highest BCUT2D eigenvalue weighted by molar-refractivity contribution is 14.1.